The van der Waals surface area contributed by atoms with E-state index in [-0.39, 0.29) is 18.2 Å². The molecule has 0 unspecified atom stereocenters. The maximum Gasteiger partial charge on any atom is 0.353 e. The van der Waals surface area contributed by atoms with Crippen LogP contribution in [0.5, 0.6) is 0 Å². The molecule has 0 spiro atoms. The Morgan fingerprint density at radius 1 is 0.880 bits per heavy atom. The minimum absolute atomic E-state index is 0.109. The molecule has 0 bridgehead atoms. The molecule has 1 aliphatic heterocycles. The number of unbranched alkanes of at least 4 members (excludes halogenated alkanes) is 9. The second-order valence-electron chi connectivity index (χ2n) is 7.00. The molecule has 25 heavy (non-hydrogen) atoms. The summed E-state index contributed by atoms with van der Waals surface area (Å²) < 4.78 is 16.0. The molecular weight excluding hydrogens is 336 g/mol. The lowest BCUT2D eigenvalue weighted by Gasteiger charge is -2.15. The van der Waals surface area contributed by atoms with E-state index in [2.05, 4.69) is 11.7 Å². The summed E-state index contributed by atoms with van der Waals surface area (Å²) in [7, 11) is 1.44. The normalized spacial score (nSPS) is 19.5. The van der Waals surface area contributed by atoms with Crippen LogP contribution in [0.2, 0.25) is 0 Å². The van der Waals surface area contributed by atoms with Gasteiger partial charge in [-0.05, 0) is 32.1 Å². The van der Waals surface area contributed by atoms with Crippen LogP contribution in [0.25, 0.3) is 0 Å². The number of carbonyl (C=O) groups excluding carboxylic acids is 1. The van der Waals surface area contributed by atoms with Crippen LogP contribution in [-0.4, -0.2) is 30.5 Å². The molecular formula is C20H36O4S. The molecule has 1 heterocycles. The number of esters is 1. The van der Waals surface area contributed by atoms with E-state index in [1.807, 2.05) is 0 Å². The Hall–Kier alpha value is -0.840. The molecule has 0 aromatic heterocycles. The quantitative estimate of drug-likeness (QED) is 0.209. The predicted molar refractivity (Wildman–Crippen MR) is 105 cm³/mol. The SMILES string of the molecule is CCCCCCCC[C@H]1OC(=S)O[C@@H]1CCCCCCCC(=O)OC. The number of methoxy groups -OCH3 is 1. The van der Waals surface area contributed by atoms with E-state index in [4.69, 9.17) is 21.7 Å². The summed E-state index contributed by atoms with van der Waals surface area (Å²) in [6.45, 7) is 2.24. The zero-order valence-corrected chi connectivity index (χ0v) is 16.9. The van der Waals surface area contributed by atoms with E-state index in [9.17, 15) is 4.79 Å². The van der Waals surface area contributed by atoms with Gasteiger partial charge in [0.05, 0.1) is 7.11 Å². The lowest BCUT2D eigenvalue weighted by molar-refractivity contribution is -0.140. The second kappa shape index (κ2) is 14.3. The summed E-state index contributed by atoms with van der Waals surface area (Å²) in [5.41, 5.74) is 0. The van der Waals surface area contributed by atoms with Crippen LogP contribution < -0.4 is 0 Å². The minimum atomic E-state index is -0.109. The third kappa shape index (κ3) is 10.7. The average Bonchev–Trinajstić information content (AvgIpc) is 2.96. The Kier molecular flexibility index (Phi) is 12.7. The van der Waals surface area contributed by atoms with E-state index in [0.717, 1.165) is 44.9 Å². The summed E-state index contributed by atoms with van der Waals surface area (Å²) in [6.07, 6.45) is 16.1. The molecule has 1 rings (SSSR count). The van der Waals surface area contributed by atoms with Crippen molar-refractivity contribution in [2.45, 2.75) is 109 Å². The molecule has 0 saturated carbocycles. The Morgan fingerprint density at radius 3 is 1.88 bits per heavy atom. The van der Waals surface area contributed by atoms with E-state index >= 15 is 0 Å². The van der Waals surface area contributed by atoms with E-state index in [1.165, 1.54) is 45.6 Å². The molecule has 0 radical (unpaired) electrons. The fourth-order valence-electron chi connectivity index (χ4n) is 3.29. The third-order valence-electron chi connectivity index (χ3n) is 4.85. The summed E-state index contributed by atoms with van der Waals surface area (Å²) in [5, 5.41) is 0.332. The average molecular weight is 373 g/mol. The fourth-order valence-corrected chi connectivity index (χ4v) is 3.54. The predicted octanol–water partition coefficient (Wildman–Crippen LogP) is 5.71. The maximum atomic E-state index is 11.0. The van der Waals surface area contributed by atoms with Crippen molar-refractivity contribution < 1.29 is 19.0 Å². The lowest BCUT2D eigenvalue weighted by atomic mass is 9.99. The van der Waals surface area contributed by atoms with Crippen LogP contribution in [-0.2, 0) is 19.0 Å². The van der Waals surface area contributed by atoms with Gasteiger partial charge in [0.25, 0.3) is 0 Å². The molecule has 0 aromatic carbocycles. The molecule has 0 aliphatic carbocycles. The van der Waals surface area contributed by atoms with Crippen LogP contribution in [0.3, 0.4) is 0 Å². The Balaban J connectivity index is 2.06. The van der Waals surface area contributed by atoms with Crippen molar-refractivity contribution in [2.75, 3.05) is 7.11 Å². The first-order chi connectivity index (χ1) is 12.2. The fraction of sp³-hybridized carbons (Fsp3) is 0.900. The van der Waals surface area contributed by atoms with Crippen LogP contribution in [0, 0.1) is 0 Å². The molecule has 1 aliphatic rings. The van der Waals surface area contributed by atoms with Crippen molar-refractivity contribution in [1.82, 2.24) is 0 Å². The number of carbonyl (C=O) groups is 1. The van der Waals surface area contributed by atoms with Crippen LogP contribution in [0.4, 0.5) is 0 Å². The van der Waals surface area contributed by atoms with Gasteiger partial charge in [-0.1, -0.05) is 58.3 Å². The van der Waals surface area contributed by atoms with Gasteiger partial charge in [-0.3, -0.25) is 4.79 Å². The van der Waals surface area contributed by atoms with Crippen LogP contribution in [0.1, 0.15) is 96.8 Å². The number of ether oxygens (including phenoxy) is 3. The minimum Gasteiger partial charge on any atom is -0.469 e. The number of thiocarbonyl (C=S) groups is 1. The standard InChI is InChI=1S/C20H36O4S/c1-3-4-5-6-8-11-14-17-18(24-20(25)23-17)15-12-9-7-10-13-16-19(21)22-2/h17-18H,3-16H2,1-2H3/t17-,18-/m1/s1. The highest BCUT2D eigenvalue weighted by atomic mass is 32.1. The summed E-state index contributed by atoms with van der Waals surface area (Å²) in [4.78, 5) is 11.0. The largest absolute Gasteiger partial charge is 0.469 e. The molecule has 1 saturated heterocycles. The van der Waals surface area contributed by atoms with Gasteiger partial charge in [-0.25, -0.2) is 0 Å². The van der Waals surface area contributed by atoms with E-state index < -0.39 is 0 Å². The summed E-state index contributed by atoms with van der Waals surface area (Å²) in [6, 6.07) is 0. The van der Waals surface area contributed by atoms with Crippen LogP contribution >= 0.6 is 12.2 Å². The molecule has 2 atom stereocenters. The van der Waals surface area contributed by atoms with Crippen molar-refractivity contribution >= 4 is 23.4 Å². The molecule has 146 valence electrons. The van der Waals surface area contributed by atoms with Crippen molar-refractivity contribution in [3.05, 3.63) is 0 Å². The maximum absolute atomic E-state index is 11.0. The van der Waals surface area contributed by atoms with Gasteiger partial charge in [0.2, 0.25) is 0 Å². The molecule has 1 fully saturated rings. The summed E-state index contributed by atoms with van der Waals surface area (Å²) >= 11 is 5.09. The van der Waals surface area contributed by atoms with E-state index in [1.54, 1.807) is 0 Å². The number of hydrogen-bond acceptors (Lipinski definition) is 5. The van der Waals surface area contributed by atoms with Crippen molar-refractivity contribution in [2.24, 2.45) is 0 Å². The summed E-state index contributed by atoms with van der Waals surface area (Å²) in [5.74, 6) is -0.109. The first-order valence-electron chi connectivity index (χ1n) is 10.1. The van der Waals surface area contributed by atoms with Gasteiger partial charge in [-0.2, -0.15) is 0 Å². The molecule has 5 heteroatoms. The first-order valence-corrected chi connectivity index (χ1v) is 10.5. The number of hydrogen-bond donors (Lipinski definition) is 0. The number of rotatable bonds is 15. The van der Waals surface area contributed by atoms with Gasteiger partial charge in [0.1, 0.15) is 12.2 Å². The molecule has 0 amide bonds. The lowest BCUT2D eigenvalue weighted by Crippen LogP contribution is -2.22. The smallest absolute Gasteiger partial charge is 0.353 e. The van der Waals surface area contributed by atoms with Gasteiger partial charge in [0.15, 0.2) is 0 Å². The van der Waals surface area contributed by atoms with Crippen molar-refractivity contribution in [3.63, 3.8) is 0 Å². The highest BCUT2D eigenvalue weighted by molar-refractivity contribution is 7.79. The third-order valence-corrected chi connectivity index (χ3v) is 5.04. The van der Waals surface area contributed by atoms with Gasteiger partial charge >= 0.3 is 11.2 Å². The van der Waals surface area contributed by atoms with Crippen molar-refractivity contribution in [1.29, 1.82) is 0 Å². The monoisotopic (exact) mass is 372 g/mol. The van der Waals surface area contributed by atoms with Gasteiger partial charge in [0, 0.05) is 18.6 Å². The molecule has 0 N–H and O–H groups in total. The second-order valence-corrected chi connectivity index (χ2v) is 7.33. The topological polar surface area (TPSA) is 44.8 Å². The van der Waals surface area contributed by atoms with Crippen molar-refractivity contribution in [3.8, 4) is 0 Å². The molecule has 0 aromatic rings. The van der Waals surface area contributed by atoms with E-state index in [0.29, 0.717) is 11.7 Å². The van der Waals surface area contributed by atoms with Gasteiger partial charge < -0.3 is 14.2 Å². The first kappa shape index (κ1) is 22.2. The zero-order valence-electron chi connectivity index (χ0n) is 16.1. The Labute approximate surface area is 159 Å². The van der Waals surface area contributed by atoms with Crippen LogP contribution in [0.15, 0.2) is 0 Å². The Bertz CT molecular complexity index is 373. The Morgan fingerprint density at radius 2 is 1.36 bits per heavy atom. The van der Waals surface area contributed by atoms with Gasteiger partial charge in [-0.15, -0.1) is 0 Å². The molecule has 4 nitrogen and oxygen atoms in total. The highest BCUT2D eigenvalue weighted by Crippen LogP contribution is 2.25. The highest BCUT2D eigenvalue weighted by Gasteiger charge is 2.33. The zero-order chi connectivity index (χ0) is 18.3.